The molecule has 10 heteroatoms. The smallest absolute Gasteiger partial charge is 0.270 e. The van der Waals surface area contributed by atoms with Gasteiger partial charge in [0.25, 0.3) is 15.7 Å². The molecule has 2 aromatic carbocycles. The molecule has 2 aromatic rings. The molecule has 0 radical (unpaired) electrons. The van der Waals surface area contributed by atoms with Gasteiger partial charge in [-0.15, -0.1) is 0 Å². The molecule has 0 bridgehead atoms. The van der Waals surface area contributed by atoms with Crippen LogP contribution in [-0.2, 0) is 19.6 Å². The number of nitro groups is 1. The predicted octanol–water partition coefficient (Wildman–Crippen LogP) is 3.01. The second-order valence-electron chi connectivity index (χ2n) is 6.14. The van der Waals surface area contributed by atoms with Gasteiger partial charge >= 0.3 is 0 Å². The van der Waals surface area contributed by atoms with E-state index in [0.717, 1.165) is 6.07 Å². The number of anilines is 2. The largest absolute Gasteiger partial charge is 0.326 e. The van der Waals surface area contributed by atoms with Crippen molar-refractivity contribution in [2.24, 2.45) is 0 Å². The van der Waals surface area contributed by atoms with E-state index in [9.17, 15) is 28.1 Å². The molecular formula is C18H19N3O6S. The summed E-state index contributed by atoms with van der Waals surface area (Å²) in [4.78, 5) is 32.6. The van der Waals surface area contributed by atoms with Crippen molar-refractivity contribution in [2.75, 3.05) is 10.0 Å². The van der Waals surface area contributed by atoms with Crippen LogP contribution in [0.25, 0.3) is 0 Å². The minimum atomic E-state index is -4.03. The van der Waals surface area contributed by atoms with E-state index in [4.69, 9.17) is 0 Å². The van der Waals surface area contributed by atoms with Gasteiger partial charge in [-0.25, -0.2) is 8.42 Å². The Labute approximate surface area is 162 Å². The van der Waals surface area contributed by atoms with Crippen molar-refractivity contribution in [3.63, 3.8) is 0 Å². The highest BCUT2D eigenvalue weighted by atomic mass is 32.2. The molecular weight excluding hydrogens is 386 g/mol. The standard InChI is InChI=1S/C18H19N3O6S/c1-12-3-9-16(21(24)25)11-17(12)28(26,27)20-15-7-5-14(6-8-15)19-18(23)10-4-13(2)22/h3,5-9,11,20H,4,10H2,1-2H3,(H,19,23). The van der Waals surface area contributed by atoms with Crippen molar-refractivity contribution in [1.29, 1.82) is 0 Å². The summed E-state index contributed by atoms with van der Waals surface area (Å²) >= 11 is 0. The molecule has 148 valence electrons. The van der Waals surface area contributed by atoms with E-state index in [1.165, 1.54) is 50.2 Å². The van der Waals surface area contributed by atoms with E-state index < -0.39 is 14.9 Å². The average molecular weight is 405 g/mol. The molecule has 2 N–H and O–H groups in total. The van der Waals surface area contributed by atoms with Crippen LogP contribution in [-0.4, -0.2) is 25.0 Å². The van der Waals surface area contributed by atoms with Crippen LogP contribution in [0, 0.1) is 17.0 Å². The molecule has 0 atom stereocenters. The minimum Gasteiger partial charge on any atom is -0.326 e. The fraction of sp³-hybridized carbons (Fsp3) is 0.222. The zero-order valence-electron chi connectivity index (χ0n) is 15.3. The SMILES string of the molecule is CC(=O)CCC(=O)Nc1ccc(NS(=O)(=O)c2cc([N+](=O)[O-])ccc2C)cc1. The lowest BCUT2D eigenvalue weighted by atomic mass is 10.2. The van der Waals surface area contributed by atoms with Gasteiger partial charge in [-0.05, 0) is 43.7 Å². The first-order chi connectivity index (χ1) is 13.1. The van der Waals surface area contributed by atoms with Crippen molar-refractivity contribution >= 4 is 38.8 Å². The minimum absolute atomic E-state index is 0.0653. The molecule has 0 spiro atoms. The van der Waals surface area contributed by atoms with Crippen LogP contribution in [0.1, 0.15) is 25.3 Å². The first kappa shape index (κ1) is 21.0. The molecule has 0 aliphatic heterocycles. The number of nitrogens with zero attached hydrogens (tertiary/aromatic N) is 1. The van der Waals surface area contributed by atoms with E-state index in [1.807, 2.05) is 0 Å². The fourth-order valence-electron chi connectivity index (χ4n) is 2.34. The first-order valence-corrected chi connectivity index (χ1v) is 9.74. The Morgan fingerprint density at radius 3 is 2.21 bits per heavy atom. The van der Waals surface area contributed by atoms with Gasteiger partial charge < -0.3 is 10.1 Å². The number of rotatable bonds is 8. The zero-order chi connectivity index (χ0) is 20.9. The second-order valence-corrected chi connectivity index (χ2v) is 7.79. The van der Waals surface area contributed by atoms with Crippen LogP contribution in [0.5, 0.6) is 0 Å². The second kappa shape index (κ2) is 8.61. The van der Waals surface area contributed by atoms with E-state index in [1.54, 1.807) is 0 Å². The van der Waals surface area contributed by atoms with Crippen LogP contribution in [0.4, 0.5) is 17.1 Å². The van der Waals surface area contributed by atoms with Crippen LogP contribution in [0.15, 0.2) is 47.4 Å². The van der Waals surface area contributed by atoms with Gasteiger partial charge in [-0.2, -0.15) is 0 Å². The van der Waals surface area contributed by atoms with Crippen molar-refractivity contribution < 1.29 is 22.9 Å². The number of ketones is 1. The zero-order valence-corrected chi connectivity index (χ0v) is 16.1. The lowest BCUT2D eigenvalue weighted by Crippen LogP contribution is -2.15. The third kappa shape index (κ3) is 5.61. The number of nitrogens with one attached hydrogen (secondary N) is 2. The van der Waals surface area contributed by atoms with Gasteiger partial charge in [0.15, 0.2) is 0 Å². The number of benzene rings is 2. The highest BCUT2D eigenvalue weighted by Gasteiger charge is 2.20. The Bertz CT molecular complexity index is 1020. The summed E-state index contributed by atoms with van der Waals surface area (Å²) in [6, 6.07) is 9.51. The average Bonchev–Trinajstić information content (AvgIpc) is 2.61. The summed E-state index contributed by atoms with van der Waals surface area (Å²) in [5.41, 5.74) is 0.720. The summed E-state index contributed by atoms with van der Waals surface area (Å²) in [6.45, 7) is 2.94. The van der Waals surface area contributed by atoms with Crippen LogP contribution < -0.4 is 10.0 Å². The third-order valence-corrected chi connectivity index (χ3v) is 5.32. The number of non-ortho nitro benzene ring substituents is 1. The number of nitro benzene ring substituents is 1. The Morgan fingerprint density at radius 2 is 1.64 bits per heavy atom. The maximum absolute atomic E-state index is 12.6. The topological polar surface area (TPSA) is 135 Å². The van der Waals surface area contributed by atoms with Crippen molar-refractivity contribution in [1.82, 2.24) is 0 Å². The van der Waals surface area contributed by atoms with E-state index in [2.05, 4.69) is 10.0 Å². The van der Waals surface area contributed by atoms with Crippen LogP contribution >= 0.6 is 0 Å². The summed E-state index contributed by atoms with van der Waals surface area (Å²) in [6.07, 6.45) is 0.210. The highest BCUT2D eigenvalue weighted by molar-refractivity contribution is 7.92. The number of aryl methyl sites for hydroxylation is 1. The summed E-state index contributed by atoms with van der Waals surface area (Å²) in [5.74, 6) is -0.410. The Kier molecular flexibility index (Phi) is 6.47. The number of sulfonamides is 1. The molecule has 28 heavy (non-hydrogen) atoms. The number of Topliss-reactive ketones (excluding diaryl/α,β-unsaturated/α-hetero) is 1. The Hall–Kier alpha value is -3.27. The van der Waals surface area contributed by atoms with Gasteiger partial charge in [-0.3, -0.25) is 19.6 Å². The molecule has 0 aliphatic rings. The summed E-state index contributed by atoms with van der Waals surface area (Å²) < 4.78 is 27.5. The molecule has 1 amide bonds. The number of carbonyl (C=O) groups is 2. The Balaban J connectivity index is 2.13. The quantitative estimate of drug-likeness (QED) is 0.512. The van der Waals surface area contributed by atoms with E-state index >= 15 is 0 Å². The monoisotopic (exact) mass is 405 g/mol. The van der Waals surface area contributed by atoms with E-state index in [-0.39, 0.29) is 40.8 Å². The van der Waals surface area contributed by atoms with Crippen LogP contribution in [0.2, 0.25) is 0 Å². The van der Waals surface area contributed by atoms with Gasteiger partial charge in [0.2, 0.25) is 5.91 Å². The maximum Gasteiger partial charge on any atom is 0.270 e. The number of amides is 1. The van der Waals surface area contributed by atoms with Crippen LogP contribution in [0.3, 0.4) is 0 Å². The first-order valence-electron chi connectivity index (χ1n) is 8.26. The lowest BCUT2D eigenvalue weighted by Gasteiger charge is -2.11. The normalized spacial score (nSPS) is 10.9. The van der Waals surface area contributed by atoms with Crippen molar-refractivity contribution in [3.8, 4) is 0 Å². The number of hydrogen-bond donors (Lipinski definition) is 2. The highest BCUT2D eigenvalue weighted by Crippen LogP contribution is 2.24. The van der Waals surface area contributed by atoms with Gasteiger partial charge in [0, 0.05) is 36.3 Å². The molecule has 0 aliphatic carbocycles. The summed E-state index contributed by atoms with van der Waals surface area (Å²) in [7, 11) is -4.03. The molecule has 0 heterocycles. The molecule has 0 aromatic heterocycles. The predicted molar refractivity (Wildman–Crippen MR) is 104 cm³/mol. The van der Waals surface area contributed by atoms with Gasteiger partial charge in [0.05, 0.1) is 9.82 Å². The molecule has 2 rings (SSSR count). The lowest BCUT2D eigenvalue weighted by molar-refractivity contribution is -0.385. The molecule has 9 nitrogen and oxygen atoms in total. The van der Waals surface area contributed by atoms with Gasteiger partial charge in [0.1, 0.15) is 5.78 Å². The van der Waals surface area contributed by atoms with Gasteiger partial charge in [-0.1, -0.05) is 6.07 Å². The molecule has 0 saturated carbocycles. The fourth-order valence-corrected chi connectivity index (χ4v) is 3.66. The third-order valence-electron chi connectivity index (χ3n) is 3.80. The Morgan fingerprint density at radius 1 is 1.04 bits per heavy atom. The summed E-state index contributed by atoms with van der Waals surface area (Å²) in [5, 5.41) is 13.5. The number of hydrogen-bond acceptors (Lipinski definition) is 6. The molecule has 0 fully saturated rings. The van der Waals surface area contributed by atoms with E-state index in [0.29, 0.717) is 11.3 Å². The van der Waals surface area contributed by atoms with Crippen molar-refractivity contribution in [2.45, 2.75) is 31.6 Å². The van der Waals surface area contributed by atoms with Crippen molar-refractivity contribution in [3.05, 3.63) is 58.1 Å². The maximum atomic E-state index is 12.6. The molecule has 0 unspecified atom stereocenters. The molecule has 0 saturated heterocycles. The number of carbonyl (C=O) groups excluding carboxylic acids is 2.